The Labute approximate surface area is 161 Å². The Morgan fingerprint density at radius 2 is 1.89 bits per heavy atom. The van der Waals surface area contributed by atoms with Crippen molar-refractivity contribution in [2.45, 2.75) is 12.6 Å². The molecule has 0 aliphatic heterocycles. The third-order valence-corrected chi connectivity index (χ3v) is 4.11. The minimum atomic E-state index is -4.61. The number of halogens is 4. The summed E-state index contributed by atoms with van der Waals surface area (Å²) in [6.07, 6.45) is -2.24. The number of hydrogen-bond donors (Lipinski definition) is 1. The molecule has 2 aromatic carbocycles. The van der Waals surface area contributed by atoms with Gasteiger partial charge < -0.3 is 5.32 Å². The number of anilines is 1. The van der Waals surface area contributed by atoms with Crippen LogP contribution >= 0.6 is 11.6 Å². The Kier molecular flexibility index (Phi) is 7.45. The molecule has 2 aromatic rings. The number of hydrogen-bond acceptors (Lipinski definition) is 2. The van der Waals surface area contributed by atoms with Gasteiger partial charge in [0, 0.05) is 18.1 Å². The van der Waals surface area contributed by atoms with Crippen molar-refractivity contribution in [1.29, 1.82) is 0 Å². The monoisotopic (exact) mass is 396 g/mol. The number of rotatable bonds is 8. The minimum Gasteiger partial charge on any atom is -0.324 e. The predicted octanol–water partition coefficient (Wildman–Crippen LogP) is 5.03. The Hall–Kier alpha value is -2.31. The Balaban J connectivity index is 2.02. The Morgan fingerprint density at radius 1 is 1.19 bits per heavy atom. The van der Waals surface area contributed by atoms with Crippen molar-refractivity contribution in [3.05, 3.63) is 77.3 Å². The molecule has 0 bridgehead atoms. The summed E-state index contributed by atoms with van der Waals surface area (Å²) in [5.41, 5.74) is -0.162. The fourth-order valence-corrected chi connectivity index (χ4v) is 2.77. The minimum absolute atomic E-state index is 0.0429. The SMILES string of the molecule is C=CCN(CCc1ccccc1)CC(=O)Nc1ccc(Cl)cc1C(F)(F)F. The third-order valence-electron chi connectivity index (χ3n) is 3.88. The van der Waals surface area contributed by atoms with E-state index in [-0.39, 0.29) is 17.3 Å². The summed E-state index contributed by atoms with van der Waals surface area (Å²) < 4.78 is 39.4. The first-order valence-corrected chi connectivity index (χ1v) is 8.71. The van der Waals surface area contributed by atoms with Crippen molar-refractivity contribution in [1.82, 2.24) is 4.90 Å². The molecular weight excluding hydrogens is 377 g/mol. The molecule has 3 nitrogen and oxygen atoms in total. The summed E-state index contributed by atoms with van der Waals surface area (Å²) in [4.78, 5) is 14.1. The molecule has 0 heterocycles. The maximum absolute atomic E-state index is 13.1. The smallest absolute Gasteiger partial charge is 0.324 e. The van der Waals surface area contributed by atoms with E-state index >= 15 is 0 Å². The van der Waals surface area contributed by atoms with Gasteiger partial charge in [-0.25, -0.2) is 0 Å². The van der Waals surface area contributed by atoms with Gasteiger partial charge in [0.05, 0.1) is 17.8 Å². The van der Waals surface area contributed by atoms with E-state index in [0.717, 1.165) is 24.1 Å². The summed E-state index contributed by atoms with van der Waals surface area (Å²) in [6, 6.07) is 13.0. The van der Waals surface area contributed by atoms with Gasteiger partial charge in [-0.3, -0.25) is 9.69 Å². The molecule has 0 saturated carbocycles. The van der Waals surface area contributed by atoms with Crippen LogP contribution in [0.4, 0.5) is 18.9 Å². The van der Waals surface area contributed by atoms with Gasteiger partial charge in [0.1, 0.15) is 0 Å². The lowest BCUT2D eigenvalue weighted by atomic mass is 10.1. The van der Waals surface area contributed by atoms with Crippen LogP contribution in [-0.4, -0.2) is 30.4 Å². The van der Waals surface area contributed by atoms with Crippen LogP contribution in [0.15, 0.2) is 61.2 Å². The second-order valence-corrected chi connectivity index (χ2v) is 6.43. The molecule has 27 heavy (non-hydrogen) atoms. The van der Waals surface area contributed by atoms with Gasteiger partial charge in [-0.05, 0) is 30.2 Å². The summed E-state index contributed by atoms with van der Waals surface area (Å²) in [6.45, 7) is 4.65. The van der Waals surface area contributed by atoms with Gasteiger partial charge in [-0.1, -0.05) is 48.0 Å². The molecule has 0 spiro atoms. The number of nitrogens with zero attached hydrogens (tertiary/aromatic N) is 1. The Bertz CT molecular complexity index is 779. The highest BCUT2D eigenvalue weighted by Gasteiger charge is 2.34. The number of carbonyl (C=O) groups is 1. The molecule has 0 radical (unpaired) electrons. The fraction of sp³-hybridized carbons (Fsp3) is 0.250. The van der Waals surface area contributed by atoms with Crippen LogP contribution in [0.25, 0.3) is 0 Å². The van der Waals surface area contributed by atoms with Gasteiger partial charge in [0.2, 0.25) is 5.91 Å². The highest BCUT2D eigenvalue weighted by molar-refractivity contribution is 6.30. The molecule has 2 rings (SSSR count). The standard InChI is InChI=1S/C20H20ClF3N2O/c1-2-11-26(12-10-15-6-4-3-5-7-15)14-19(27)25-18-9-8-16(21)13-17(18)20(22,23)24/h2-9,13H,1,10-12,14H2,(H,25,27). The molecule has 7 heteroatoms. The molecule has 0 aromatic heterocycles. The van der Waals surface area contributed by atoms with Crippen molar-refractivity contribution >= 4 is 23.2 Å². The molecule has 0 saturated heterocycles. The van der Waals surface area contributed by atoms with Gasteiger partial charge in [0.25, 0.3) is 0 Å². The third kappa shape index (κ3) is 6.73. The van der Waals surface area contributed by atoms with Crippen LogP contribution in [0.1, 0.15) is 11.1 Å². The van der Waals surface area contributed by atoms with E-state index in [1.54, 1.807) is 6.08 Å². The van der Waals surface area contributed by atoms with Crippen LogP contribution in [0.5, 0.6) is 0 Å². The maximum atomic E-state index is 13.1. The van der Waals surface area contributed by atoms with Gasteiger partial charge in [-0.2, -0.15) is 13.2 Å². The van der Waals surface area contributed by atoms with Crippen LogP contribution in [0.3, 0.4) is 0 Å². The second-order valence-electron chi connectivity index (χ2n) is 6.00. The van der Waals surface area contributed by atoms with Gasteiger partial charge in [-0.15, -0.1) is 6.58 Å². The first-order chi connectivity index (χ1) is 12.8. The first-order valence-electron chi connectivity index (χ1n) is 8.33. The van der Waals surface area contributed by atoms with Gasteiger partial charge >= 0.3 is 6.18 Å². The predicted molar refractivity (Wildman–Crippen MR) is 102 cm³/mol. The van der Waals surface area contributed by atoms with Gasteiger partial charge in [0.15, 0.2) is 0 Å². The molecular formula is C20H20ClF3N2O. The normalized spacial score (nSPS) is 11.4. The van der Waals surface area contributed by atoms with E-state index in [1.165, 1.54) is 6.07 Å². The van der Waals surface area contributed by atoms with E-state index in [4.69, 9.17) is 11.6 Å². The van der Waals surface area contributed by atoms with E-state index in [2.05, 4.69) is 11.9 Å². The second kappa shape index (κ2) is 9.58. The largest absolute Gasteiger partial charge is 0.418 e. The number of benzene rings is 2. The lowest BCUT2D eigenvalue weighted by Crippen LogP contribution is -2.35. The van der Waals surface area contributed by atoms with E-state index < -0.39 is 17.6 Å². The van der Waals surface area contributed by atoms with Crippen LogP contribution in [0.2, 0.25) is 5.02 Å². The van der Waals surface area contributed by atoms with Crippen molar-refractivity contribution in [3.63, 3.8) is 0 Å². The molecule has 1 amide bonds. The highest BCUT2D eigenvalue weighted by atomic mass is 35.5. The first kappa shape index (κ1) is 21.0. The number of amides is 1. The zero-order valence-corrected chi connectivity index (χ0v) is 15.4. The summed E-state index contributed by atoms with van der Waals surface area (Å²) in [7, 11) is 0. The summed E-state index contributed by atoms with van der Waals surface area (Å²) in [5.74, 6) is -0.530. The number of carbonyl (C=O) groups excluding carboxylic acids is 1. The molecule has 0 atom stereocenters. The van der Waals surface area contributed by atoms with E-state index in [9.17, 15) is 18.0 Å². The quantitative estimate of drug-likeness (QED) is 0.635. The lowest BCUT2D eigenvalue weighted by Gasteiger charge is -2.21. The average Bonchev–Trinajstić information content (AvgIpc) is 2.61. The number of alkyl halides is 3. The van der Waals surface area contributed by atoms with Crippen molar-refractivity contribution in [2.24, 2.45) is 0 Å². The molecule has 0 aliphatic rings. The fourth-order valence-electron chi connectivity index (χ4n) is 2.60. The number of nitrogens with one attached hydrogen (secondary N) is 1. The average molecular weight is 397 g/mol. The maximum Gasteiger partial charge on any atom is 0.418 e. The summed E-state index contributed by atoms with van der Waals surface area (Å²) in [5, 5.41) is 2.29. The molecule has 0 fully saturated rings. The van der Waals surface area contributed by atoms with Crippen LogP contribution in [0, 0.1) is 0 Å². The topological polar surface area (TPSA) is 32.3 Å². The molecule has 0 unspecified atom stereocenters. The highest BCUT2D eigenvalue weighted by Crippen LogP contribution is 2.36. The van der Waals surface area contributed by atoms with Crippen LogP contribution in [-0.2, 0) is 17.4 Å². The Morgan fingerprint density at radius 3 is 2.52 bits per heavy atom. The van der Waals surface area contributed by atoms with Crippen molar-refractivity contribution in [3.8, 4) is 0 Å². The zero-order chi connectivity index (χ0) is 19.9. The molecule has 144 valence electrons. The zero-order valence-electron chi connectivity index (χ0n) is 14.6. The van der Waals surface area contributed by atoms with E-state index in [1.807, 2.05) is 35.2 Å². The van der Waals surface area contributed by atoms with Crippen LogP contribution < -0.4 is 5.32 Å². The van der Waals surface area contributed by atoms with E-state index in [0.29, 0.717) is 13.1 Å². The summed E-state index contributed by atoms with van der Waals surface area (Å²) >= 11 is 5.65. The molecule has 0 aliphatic carbocycles. The molecule has 1 N–H and O–H groups in total. The van der Waals surface area contributed by atoms with Crippen molar-refractivity contribution < 1.29 is 18.0 Å². The van der Waals surface area contributed by atoms with Crippen molar-refractivity contribution in [2.75, 3.05) is 25.0 Å². The lowest BCUT2D eigenvalue weighted by molar-refractivity contribution is -0.137.